The van der Waals surface area contributed by atoms with Crippen molar-refractivity contribution in [1.82, 2.24) is 0 Å². The zero-order valence-electron chi connectivity index (χ0n) is 11.9. The lowest BCUT2D eigenvalue weighted by molar-refractivity contribution is -0.113. The number of amides is 1. The molecule has 0 saturated heterocycles. The van der Waals surface area contributed by atoms with Crippen LogP contribution in [0.25, 0.3) is 0 Å². The Morgan fingerprint density at radius 1 is 1.29 bits per heavy atom. The number of thioether (sulfide) groups is 1. The summed E-state index contributed by atoms with van der Waals surface area (Å²) >= 11 is 7.54. The SMILES string of the molecule is COc1cccc(SCC(=O)Nc2ccc(C)cc2Cl)c1. The van der Waals surface area contributed by atoms with Crippen LogP contribution in [0.15, 0.2) is 47.4 Å². The smallest absolute Gasteiger partial charge is 0.234 e. The van der Waals surface area contributed by atoms with Gasteiger partial charge in [0.2, 0.25) is 5.91 Å². The molecule has 0 spiro atoms. The Morgan fingerprint density at radius 3 is 2.81 bits per heavy atom. The van der Waals surface area contributed by atoms with Crippen LogP contribution in [0.2, 0.25) is 5.02 Å². The fraction of sp³-hybridized carbons (Fsp3) is 0.188. The van der Waals surface area contributed by atoms with Crippen molar-refractivity contribution < 1.29 is 9.53 Å². The minimum absolute atomic E-state index is 0.0893. The predicted molar refractivity (Wildman–Crippen MR) is 88.5 cm³/mol. The first-order chi connectivity index (χ1) is 10.1. The number of halogens is 1. The summed E-state index contributed by atoms with van der Waals surface area (Å²) in [5, 5.41) is 3.36. The molecule has 1 amide bonds. The highest BCUT2D eigenvalue weighted by molar-refractivity contribution is 8.00. The number of aryl methyl sites for hydroxylation is 1. The third-order valence-corrected chi connectivity index (χ3v) is 4.12. The molecule has 5 heteroatoms. The van der Waals surface area contributed by atoms with Crippen LogP contribution in [-0.4, -0.2) is 18.8 Å². The molecule has 0 aromatic heterocycles. The third-order valence-electron chi connectivity index (χ3n) is 2.81. The highest BCUT2D eigenvalue weighted by atomic mass is 35.5. The zero-order chi connectivity index (χ0) is 15.2. The van der Waals surface area contributed by atoms with Gasteiger partial charge in [-0.05, 0) is 42.8 Å². The Balaban J connectivity index is 1.92. The van der Waals surface area contributed by atoms with Crippen LogP contribution in [0.4, 0.5) is 5.69 Å². The summed E-state index contributed by atoms with van der Waals surface area (Å²) < 4.78 is 5.15. The van der Waals surface area contributed by atoms with Gasteiger partial charge in [-0.1, -0.05) is 23.7 Å². The molecule has 2 aromatic carbocycles. The monoisotopic (exact) mass is 321 g/mol. The van der Waals surface area contributed by atoms with Crippen molar-refractivity contribution in [2.75, 3.05) is 18.2 Å². The van der Waals surface area contributed by atoms with E-state index in [2.05, 4.69) is 5.32 Å². The molecule has 0 bridgehead atoms. The standard InChI is InChI=1S/C16H16ClNO2S/c1-11-6-7-15(14(17)8-11)18-16(19)10-21-13-5-3-4-12(9-13)20-2/h3-9H,10H2,1-2H3,(H,18,19). The molecular weight excluding hydrogens is 306 g/mol. The second-order valence-electron chi connectivity index (χ2n) is 4.50. The van der Waals surface area contributed by atoms with Crippen LogP contribution in [0.1, 0.15) is 5.56 Å². The van der Waals surface area contributed by atoms with Gasteiger partial charge in [-0.2, -0.15) is 0 Å². The van der Waals surface area contributed by atoms with Crippen LogP contribution < -0.4 is 10.1 Å². The van der Waals surface area contributed by atoms with E-state index in [-0.39, 0.29) is 5.91 Å². The lowest BCUT2D eigenvalue weighted by atomic mass is 10.2. The number of carbonyl (C=O) groups is 1. The molecule has 1 N–H and O–H groups in total. The van der Waals surface area contributed by atoms with E-state index in [1.807, 2.05) is 49.4 Å². The Bertz CT molecular complexity index is 646. The molecule has 2 rings (SSSR count). The van der Waals surface area contributed by atoms with Gasteiger partial charge in [-0.15, -0.1) is 11.8 Å². The van der Waals surface area contributed by atoms with Gasteiger partial charge >= 0.3 is 0 Å². The topological polar surface area (TPSA) is 38.3 Å². The van der Waals surface area contributed by atoms with E-state index in [0.717, 1.165) is 16.2 Å². The Hall–Kier alpha value is -1.65. The van der Waals surface area contributed by atoms with Gasteiger partial charge in [0.25, 0.3) is 0 Å². The molecule has 0 unspecified atom stereocenters. The predicted octanol–water partition coefficient (Wildman–Crippen LogP) is 4.39. The number of anilines is 1. The van der Waals surface area contributed by atoms with E-state index in [9.17, 15) is 4.79 Å². The summed E-state index contributed by atoms with van der Waals surface area (Å²) in [6.45, 7) is 1.95. The van der Waals surface area contributed by atoms with E-state index in [4.69, 9.17) is 16.3 Å². The maximum atomic E-state index is 12.0. The maximum Gasteiger partial charge on any atom is 0.234 e. The molecule has 0 aliphatic carbocycles. The second-order valence-corrected chi connectivity index (χ2v) is 5.96. The largest absolute Gasteiger partial charge is 0.497 e. The number of hydrogen-bond donors (Lipinski definition) is 1. The average Bonchev–Trinajstić information content (AvgIpc) is 2.48. The van der Waals surface area contributed by atoms with E-state index < -0.39 is 0 Å². The Kier molecular flexibility index (Phi) is 5.53. The Labute approximate surface area is 133 Å². The summed E-state index contributed by atoms with van der Waals surface area (Å²) in [4.78, 5) is 12.9. The van der Waals surface area contributed by atoms with Gasteiger partial charge < -0.3 is 10.1 Å². The van der Waals surface area contributed by atoms with Crippen molar-refractivity contribution in [3.05, 3.63) is 53.1 Å². The zero-order valence-corrected chi connectivity index (χ0v) is 13.4. The number of nitrogens with one attached hydrogen (secondary N) is 1. The molecule has 0 atom stereocenters. The van der Waals surface area contributed by atoms with Crippen LogP contribution >= 0.6 is 23.4 Å². The summed E-state index contributed by atoms with van der Waals surface area (Å²) in [6, 6.07) is 13.2. The number of ether oxygens (including phenoxy) is 1. The fourth-order valence-corrected chi connectivity index (χ4v) is 2.77. The van der Waals surface area contributed by atoms with E-state index in [0.29, 0.717) is 16.5 Å². The van der Waals surface area contributed by atoms with Gasteiger partial charge in [-0.25, -0.2) is 0 Å². The molecule has 2 aromatic rings. The first-order valence-corrected chi connectivity index (χ1v) is 7.77. The van der Waals surface area contributed by atoms with Crippen molar-refractivity contribution >= 4 is 35.0 Å². The normalized spacial score (nSPS) is 10.2. The molecule has 0 radical (unpaired) electrons. The summed E-state index contributed by atoms with van der Waals surface area (Å²) in [5.41, 5.74) is 1.70. The van der Waals surface area contributed by atoms with Gasteiger partial charge in [0.05, 0.1) is 23.6 Å². The summed E-state index contributed by atoms with van der Waals surface area (Å²) in [5.74, 6) is 1.01. The first kappa shape index (κ1) is 15.7. The average molecular weight is 322 g/mol. The van der Waals surface area contributed by atoms with Crippen LogP contribution in [0.3, 0.4) is 0 Å². The lowest BCUT2D eigenvalue weighted by Gasteiger charge is -2.08. The molecule has 3 nitrogen and oxygen atoms in total. The molecule has 0 aliphatic heterocycles. The number of methoxy groups -OCH3 is 1. The van der Waals surface area contributed by atoms with Gasteiger partial charge in [0.1, 0.15) is 5.75 Å². The van der Waals surface area contributed by atoms with E-state index in [1.165, 1.54) is 11.8 Å². The van der Waals surface area contributed by atoms with Gasteiger partial charge in [0.15, 0.2) is 0 Å². The highest BCUT2D eigenvalue weighted by Gasteiger charge is 2.07. The van der Waals surface area contributed by atoms with Crippen LogP contribution in [0, 0.1) is 6.92 Å². The first-order valence-electron chi connectivity index (χ1n) is 6.41. The minimum atomic E-state index is -0.0893. The van der Waals surface area contributed by atoms with E-state index in [1.54, 1.807) is 7.11 Å². The minimum Gasteiger partial charge on any atom is -0.497 e. The van der Waals surface area contributed by atoms with Crippen molar-refractivity contribution in [3.8, 4) is 5.75 Å². The quantitative estimate of drug-likeness (QED) is 0.830. The molecule has 0 heterocycles. The number of hydrogen-bond acceptors (Lipinski definition) is 3. The van der Waals surface area contributed by atoms with Crippen LogP contribution in [-0.2, 0) is 4.79 Å². The second kappa shape index (κ2) is 7.38. The number of carbonyl (C=O) groups excluding carboxylic acids is 1. The van der Waals surface area contributed by atoms with Crippen molar-refractivity contribution in [3.63, 3.8) is 0 Å². The molecule has 21 heavy (non-hydrogen) atoms. The molecular formula is C16H16ClNO2S. The molecule has 0 saturated carbocycles. The third kappa shape index (κ3) is 4.69. The van der Waals surface area contributed by atoms with Crippen molar-refractivity contribution in [2.45, 2.75) is 11.8 Å². The number of benzene rings is 2. The van der Waals surface area contributed by atoms with Gasteiger partial charge in [-0.3, -0.25) is 4.79 Å². The van der Waals surface area contributed by atoms with Crippen molar-refractivity contribution in [2.24, 2.45) is 0 Å². The molecule has 0 fully saturated rings. The fourth-order valence-electron chi connectivity index (χ4n) is 1.75. The van der Waals surface area contributed by atoms with Crippen molar-refractivity contribution in [1.29, 1.82) is 0 Å². The van der Waals surface area contributed by atoms with Gasteiger partial charge in [0, 0.05) is 4.90 Å². The van der Waals surface area contributed by atoms with Crippen LogP contribution in [0.5, 0.6) is 5.75 Å². The summed E-state index contributed by atoms with van der Waals surface area (Å²) in [6.07, 6.45) is 0. The molecule has 0 aliphatic rings. The lowest BCUT2D eigenvalue weighted by Crippen LogP contribution is -2.14. The highest BCUT2D eigenvalue weighted by Crippen LogP contribution is 2.25. The van der Waals surface area contributed by atoms with E-state index >= 15 is 0 Å². The summed E-state index contributed by atoms with van der Waals surface area (Å²) in [7, 11) is 1.62. The number of rotatable bonds is 5. The maximum absolute atomic E-state index is 12.0. The Morgan fingerprint density at radius 2 is 2.10 bits per heavy atom. The molecule has 110 valence electrons.